The van der Waals surface area contributed by atoms with Crippen molar-refractivity contribution in [3.63, 3.8) is 0 Å². The summed E-state index contributed by atoms with van der Waals surface area (Å²) >= 11 is 0. The molecule has 8 heteroatoms. The van der Waals surface area contributed by atoms with E-state index in [1.54, 1.807) is 0 Å². The van der Waals surface area contributed by atoms with Crippen LogP contribution >= 0.6 is 0 Å². The van der Waals surface area contributed by atoms with Gasteiger partial charge in [-0.1, -0.05) is 6.92 Å². The number of alkyl halides is 3. The van der Waals surface area contributed by atoms with Crippen LogP contribution in [0.5, 0.6) is 11.6 Å². The molecule has 0 atom stereocenters. The lowest BCUT2D eigenvalue weighted by atomic mass is 10.4. The molecule has 0 fully saturated rings. The van der Waals surface area contributed by atoms with Crippen LogP contribution in [0, 0.1) is 0 Å². The Balaban J connectivity index is 2.71. The van der Waals surface area contributed by atoms with Crippen LogP contribution in [0.4, 0.5) is 19.0 Å². The maximum absolute atomic E-state index is 12.0. The van der Waals surface area contributed by atoms with E-state index < -0.39 is 19.2 Å². The molecule has 5 nitrogen and oxygen atoms in total. The molecule has 0 amide bonds. The molecule has 0 aromatic carbocycles. The van der Waals surface area contributed by atoms with Crippen molar-refractivity contribution in [3.8, 4) is 11.6 Å². The van der Waals surface area contributed by atoms with E-state index in [9.17, 15) is 13.2 Å². The fourth-order valence-corrected chi connectivity index (χ4v) is 1.28. The summed E-state index contributed by atoms with van der Waals surface area (Å²) in [5.74, 6) is 0.611. The smallest absolute Gasteiger partial charge is 0.392 e. The van der Waals surface area contributed by atoms with Crippen LogP contribution in [0.25, 0.3) is 0 Å². The van der Waals surface area contributed by atoms with E-state index in [0.29, 0.717) is 12.4 Å². The van der Waals surface area contributed by atoms with Gasteiger partial charge < -0.3 is 14.8 Å². The molecule has 0 aliphatic carbocycles. The summed E-state index contributed by atoms with van der Waals surface area (Å²) in [6.45, 7) is 2.13. The Morgan fingerprint density at radius 2 is 2.05 bits per heavy atom. The van der Waals surface area contributed by atoms with E-state index in [4.69, 9.17) is 9.47 Å². The number of aromatic nitrogens is 2. The van der Waals surface area contributed by atoms with Crippen molar-refractivity contribution in [2.75, 3.05) is 25.6 Å². The quantitative estimate of drug-likeness (QED) is 0.831. The van der Waals surface area contributed by atoms with Crippen LogP contribution in [0.2, 0.25) is 0 Å². The highest BCUT2D eigenvalue weighted by Crippen LogP contribution is 2.31. The van der Waals surface area contributed by atoms with Gasteiger partial charge in [0.25, 0.3) is 5.88 Å². The summed E-state index contributed by atoms with van der Waals surface area (Å²) in [7, 11) is 1.38. The average Bonchev–Trinajstić information content (AvgIpc) is 2.34. The Kier molecular flexibility index (Phi) is 5.65. The molecule has 108 valence electrons. The Morgan fingerprint density at radius 1 is 1.32 bits per heavy atom. The molecule has 1 aromatic rings. The third kappa shape index (κ3) is 5.19. The van der Waals surface area contributed by atoms with Crippen LogP contribution < -0.4 is 14.8 Å². The minimum absolute atomic E-state index is 0.000327. The Morgan fingerprint density at radius 3 is 2.63 bits per heavy atom. The molecule has 1 N–H and O–H groups in total. The van der Waals surface area contributed by atoms with Crippen molar-refractivity contribution in [1.29, 1.82) is 0 Å². The molecule has 1 aromatic heterocycles. The second-order valence-corrected chi connectivity index (χ2v) is 3.70. The Bertz CT molecular complexity index is 399. The van der Waals surface area contributed by atoms with Gasteiger partial charge in [-0.2, -0.15) is 18.2 Å². The number of hydrogen-bond acceptors (Lipinski definition) is 5. The van der Waals surface area contributed by atoms with E-state index in [2.05, 4.69) is 15.3 Å². The SMILES string of the molecule is CCCNc1ncnc(OCCC(F)(F)F)c1OC. The third-order valence-electron chi connectivity index (χ3n) is 2.14. The van der Waals surface area contributed by atoms with Gasteiger partial charge in [0.2, 0.25) is 5.75 Å². The maximum Gasteiger partial charge on any atom is 0.392 e. The standard InChI is InChI=1S/C11H16F3N3O2/c1-3-5-15-9-8(18-2)10(17-7-16-9)19-6-4-11(12,13)14/h7H,3-6H2,1-2H3,(H,15,16,17). The summed E-state index contributed by atoms with van der Waals surface area (Å²) in [4.78, 5) is 7.73. The van der Waals surface area contributed by atoms with Crippen LogP contribution in [-0.2, 0) is 0 Å². The largest absolute Gasteiger partial charge is 0.489 e. The minimum atomic E-state index is -4.26. The molecule has 0 radical (unpaired) electrons. The fourth-order valence-electron chi connectivity index (χ4n) is 1.28. The summed E-state index contributed by atoms with van der Waals surface area (Å²) < 4.78 is 46.1. The van der Waals surface area contributed by atoms with Gasteiger partial charge in [0, 0.05) is 6.54 Å². The highest BCUT2D eigenvalue weighted by Gasteiger charge is 2.27. The molecule has 19 heavy (non-hydrogen) atoms. The predicted octanol–water partition coefficient (Wildman–Crippen LogP) is 2.64. The summed E-state index contributed by atoms with van der Waals surface area (Å²) in [6, 6.07) is 0. The first-order valence-corrected chi connectivity index (χ1v) is 5.80. The zero-order valence-corrected chi connectivity index (χ0v) is 10.8. The molecular weight excluding hydrogens is 263 g/mol. The van der Waals surface area contributed by atoms with E-state index in [-0.39, 0.29) is 11.6 Å². The van der Waals surface area contributed by atoms with Gasteiger partial charge in [0.1, 0.15) is 6.33 Å². The van der Waals surface area contributed by atoms with Crippen LogP contribution in [0.15, 0.2) is 6.33 Å². The fraction of sp³-hybridized carbons (Fsp3) is 0.636. The van der Waals surface area contributed by atoms with Crippen molar-refractivity contribution in [1.82, 2.24) is 9.97 Å². The van der Waals surface area contributed by atoms with Gasteiger partial charge in [0.05, 0.1) is 20.1 Å². The van der Waals surface area contributed by atoms with Crippen LogP contribution in [0.3, 0.4) is 0 Å². The molecule has 1 rings (SSSR count). The molecule has 0 spiro atoms. The zero-order valence-electron chi connectivity index (χ0n) is 10.8. The molecule has 0 saturated heterocycles. The van der Waals surface area contributed by atoms with Crippen molar-refractivity contribution < 1.29 is 22.6 Å². The maximum atomic E-state index is 12.0. The second kappa shape index (κ2) is 7.01. The molecule has 0 aliphatic rings. The predicted molar refractivity (Wildman–Crippen MR) is 63.5 cm³/mol. The summed E-state index contributed by atoms with van der Waals surface area (Å²) in [5, 5.41) is 2.98. The van der Waals surface area contributed by atoms with E-state index in [0.717, 1.165) is 6.42 Å². The zero-order chi connectivity index (χ0) is 14.3. The van der Waals surface area contributed by atoms with E-state index >= 15 is 0 Å². The molecule has 0 saturated carbocycles. The number of anilines is 1. The lowest BCUT2D eigenvalue weighted by Gasteiger charge is -2.13. The molecular formula is C11H16F3N3O2. The first kappa shape index (κ1) is 15.3. The van der Waals surface area contributed by atoms with Crippen molar-refractivity contribution in [2.24, 2.45) is 0 Å². The highest BCUT2D eigenvalue weighted by molar-refractivity contribution is 5.54. The molecule has 1 heterocycles. The first-order chi connectivity index (χ1) is 8.98. The number of ether oxygens (including phenoxy) is 2. The third-order valence-corrected chi connectivity index (χ3v) is 2.14. The number of nitrogens with zero attached hydrogens (tertiary/aromatic N) is 2. The van der Waals surface area contributed by atoms with E-state index in [1.807, 2.05) is 6.92 Å². The number of nitrogens with one attached hydrogen (secondary N) is 1. The number of halogens is 3. The number of hydrogen-bond donors (Lipinski definition) is 1. The topological polar surface area (TPSA) is 56.3 Å². The van der Waals surface area contributed by atoms with Crippen molar-refractivity contribution >= 4 is 5.82 Å². The van der Waals surface area contributed by atoms with Gasteiger partial charge >= 0.3 is 6.18 Å². The molecule has 0 aliphatic heterocycles. The lowest BCUT2D eigenvalue weighted by molar-refractivity contribution is -0.139. The normalized spacial score (nSPS) is 11.2. The van der Waals surface area contributed by atoms with Crippen molar-refractivity contribution in [3.05, 3.63) is 6.33 Å². The lowest BCUT2D eigenvalue weighted by Crippen LogP contribution is -2.14. The van der Waals surface area contributed by atoms with Crippen LogP contribution in [0.1, 0.15) is 19.8 Å². The Labute approximate surface area is 109 Å². The van der Waals surface area contributed by atoms with Crippen molar-refractivity contribution in [2.45, 2.75) is 25.9 Å². The molecule has 0 unspecified atom stereocenters. The van der Waals surface area contributed by atoms with Gasteiger partial charge in [-0.15, -0.1) is 0 Å². The number of methoxy groups -OCH3 is 1. The minimum Gasteiger partial charge on any atom is -0.489 e. The van der Waals surface area contributed by atoms with E-state index in [1.165, 1.54) is 13.4 Å². The second-order valence-electron chi connectivity index (χ2n) is 3.70. The summed E-state index contributed by atoms with van der Waals surface area (Å²) in [5.41, 5.74) is 0. The summed E-state index contributed by atoms with van der Waals surface area (Å²) in [6.07, 6.45) is -3.22. The first-order valence-electron chi connectivity index (χ1n) is 5.80. The highest BCUT2D eigenvalue weighted by atomic mass is 19.4. The van der Waals surface area contributed by atoms with Gasteiger partial charge in [0.15, 0.2) is 5.82 Å². The monoisotopic (exact) mass is 279 g/mol. The Hall–Kier alpha value is -1.73. The molecule has 0 bridgehead atoms. The van der Waals surface area contributed by atoms with Gasteiger partial charge in [-0.05, 0) is 6.42 Å². The van der Waals surface area contributed by atoms with Crippen LogP contribution in [-0.4, -0.2) is 36.4 Å². The van der Waals surface area contributed by atoms with Gasteiger partial charge in [-0.3, -0.25) is 0 Å². The van der Waals surface area contributed by atoms with Gasteiger partial charge in [-0.25, -0.2) is 4.98 Å². The average molecular weight is 279 g/mol. The number of rotatable bonds is 7.